The number of rotatable bonds is 9. The predicted octanol–water partition coefficient (Wildman–Crippen LogP) is 5.33. The Labute approximate surface area is 161 Å². The fourth-order valence-electron chi connectivity index (χ4n) is 3.44. The molecule has 27 heavy (non-hydrogen) atoms. The molecule has 2 atom stereocenters. The Morgan fingerprint density at radius 2 is 1.70 bits per heavy atom. The van der Waals surface area contributed by atoms with Crippen molar-refractivity contribution in [1.82, 2.24) is 0 Å². The number of hydrogen-bond donors (Lipinski definition) is 1. The number of carboxylic acid groups (broad SMARTS) is 1. The van der Waals surface area contributed by atoms with Crippen molar-refractivity contribution in [3.8, 4) is 0 Å². The average molecular weight is 370 g/mol. The first kappa shape index (κ1) is 20.9. The zero-order chi connectivity index (χ0) is 20.1. The molecule has 0 aromatic heterocycles. The molecule has 0 radical (unpaired) electrons. The molecule has 2 aromatic rings. The first-order valence-electron chi connectivity index (χ1n) is 9.66. The first-order valence-corrected chi connectivity index (χ1v) is 9.66. The third-order valence-electron chi connectivity index (χ3n) is 5.61. The summed E-state index contributed by atoms with van der Waals surface area (Å²) in [5, 5.41) is 12.1. The quantitative estimate of drug-likeness (QED) is 0.478. The molecule has 0 saturated heterocycles. The van der Waals surface area contributed by atoms with E-state index in [-0.39, 0.29) is 12.4 Å². The lowest BCUT2D eigenvalue weighted by molar-refractivity contribution is -0.158. The molecule has 4 nitrogen and oxygen atoms in total. The van der Waals surface area contributed by atoms with Gasteiger partial charge in [0.25, 0.3) is 0 Å². The normalized spacial score (nSPS) is 15.7. The minimum atomic E-state index is -1.18. The Balaban J connectivity index is 2.38. The highest BCUT2D eigenvalue weighted by molar-refractivity contribution is 5.88. The van der Waals surface area contributed by atoms with E-state index in [0.29, 0.717) is 18.6 Å². The van der Waals surface area contributed by atoms with Gasteiger partial charge in [0, 0.05) is 0 Å². The van der Waals surface area contributed by atoms with E-state index in [1.165, 1.54) is 0 Å². The number of carboxylic acids is 1. The number of aliphatic carboxylic acids is 1. The summed E-state index contributed by atoms with van der Waals surface area (Å²) in [6.45, 7) is 7.83. The minimum absolute atomic E-state index is 0.190. The summed E-state index contributed by atoms with van der Waals surface area (Å²) >= 11 is 0. The maximum atomic E-state index is 12.7. The van der Waals surface area contributed by atoms with Crippen LogP contribution in [-0.2, 0) is 19.7 Å². The summed E-state index contributed by atoms with van der Waals surface area (Å²) < 4.78 is 5.44. The van der Waals surface area contributed by atoms with Gasteiger partial charge in [-0.15, -0.1) is 0 Å². The molecular weight excluding hydrogens is 340 g/mol. The van der Waals surface area contributed by atoms with Crippen LogP contribution in [0.3, 0.4) is 0 Å². The highest BCUT2D eigenvalue weighted by atomic mass is 16.5. The van der Waals surface area contributed by atoms with Crippen molar-refractivity contribution < 1.29 is 19.4 Å². The molecule has 0 aliphatic rings. The van der Waals surface area contributed by atoms with Crippen molar-refractivity contribution in [1.29, 1.82) is 0 Å². The van der Waals surface area contributed by atoms with Gasteiger partial charge in [-0.1, -0.05) is 62.7 Å². The van der Waals surface area contributed by atoms with E-state index in [9.17, 15) is 14.7 Å². The fraction of sp³-hybridized carbons (Fsp3) is 0.478. The number of fused-ring (bicyclic) bond motifs is 1. The van der Waals surface area contributed by atoms with Crippen LogP contribution in [0.4, 0.5) is 0 Å². The fourth-order valence-corrected chi connectivity index (χ4v) is 3.44. The zero-order valence-electron chi connectivity index (χ0n) is 16.7. The van der Waals surface area contributed by atoms with Crippen molar-refractivity contribution in [3.63, 3.8) is 0 Å². The molecule has 0 fully saturated rings. The third-order valence-corrected chi connectivity index (χ3v) is 5.61. The van der Waals surface area contributed by atoms with Gasteiger partial charge in [0.15, 0.2) is 0 Å². The molecular formula is C23H30O4. The molecule has 2 rings (SSSR count). The van der Waals surface area contributed by atoms with Crippen molar-refractivity contribution in [2.24, 2.45) is 5.41 Å². The van der Waals surface area contributed by atoms with Crippen molar-refractivity contribution in [3.05, 3.63) is 48.0 Å². The summed E-state index contributed by atoms with van der Waals surface area (Å²) in [5.41, 5.74) is -1.33. The lowest BCUT2D eigenvalue weighted by atomic mass is 9.68. The Morgan fingerprint density at radius 3 is 2.30 bits per heavy atom. The van der Waals surface area contributed by atoms with Crippen LogP contribution < -0.4 is 0 Å². The van der Waals surface area contributed by atoms with Crippen LogP contribution in [0.15, 0.2) is 42.5 Å². The highest BCUT2D eigenvalue weighted by Gasteiger charge is 2.45. The zero-order valence-corrected chi connectivity index (χ0v) is 16.7. The number of carbonyl (C=O) groups excluding carboxylic acids is 1. The van der Waals surface area contributed by atoms with Crippen LogP contribution in [0.25, 0.3) is 10.8 Å². The van der Waals surface area contributed by atoms with Gasteiger partial charge >= 0.3 is 11.9 Å². The summed E-state index contributed by atoms with van der Waals surface area (Å²) in [5.74, 6) is -1.24. The van der Waals surface area contributed by atoms with Crippen LogP contribution >= 0.6 is 0 Å². The van der Waals surface area contributed by atoms with Gasteiger partial charge in [-0.05, 0) is 49.4 Å². The number of unbranched alkanes of at least 4 members (excludes halogenated alkanes) is 1. The maximum Gasteiger partial charge on any atom is 0.313 e. The largest absolute Gasteiger partial charge is 0.481 e. The summed E-state index contributed by atoms with van der Waals surface area (Å²) in [6, 6.07) is 13.6. The van der Waals surface area contributed by atoms with Crippen molar-refractivity contribution in [2.45, 2.75) is 58.8 Å². The van der Waals surface area contributed by atoms with E-state index in [0.717, 1.165) is 23.6 Å². The van der Waals surface area contributed by atoms with Crippen LogP contribution in [0.5, 0.6) is 0 Å². The van der Waals surface area contributed by atoms with Gasteiger partial charge in [0.05, 0.1) is 17.4 Å². The van der Waals surface area contributed by atoms with Gasteiger partial charge in [0.2, 0.25) is 0 Å². The number of esters is 1. The van der Waals surface area contributed by atoms with E-state index >= 15 is 0 Å². The SMILES string of the molecule is CCCCOC(=O)C(C)(CC)CC(C)(C(=O)O)c1ccc2ccccc2c1. The number of carbonyl (C=O) groups is 2. The number of benzene rings is 2. The Bertz CT molecular complexity index is 813. The standard InChI is InChI=1S/C23H30O4/c1-5-7-14-27-21(26)22(3,6-2)16-23(4,20(24)25)19-13-12-17-10-8-9-11-18(17)15-19/h8-13,15H,5-7,14,16H2,1-4H3,(H,24,25). The van der Waals surface area contributed by atoms with E-state index in [1.807, 2.05) is 63.2 Å². The smallest absolute Gasteiger partial charge is 0.313 e. The molecule has 0 bridgehead atoms. The lowest BCUT2D eigenvalue weighted by Crippen LogP contribution is -2.42. The summed E-state index contributed by atoms with van der Waals surface area (Å²) in [7, 11) is 0. The molecule has 146 valence electrons. The molecule has 0 heterocycles. The van der Waals surface area contributed by atoms with E-state index in [4.69, 9.17) is 4.74 Å². The molecule has 0 saturated carbocycles. The topological polar surface area (TPSA) is 63.6 Å². The molecule has 0 aliphatic heterocycles. The molecule has 2 unspecified atom stereocenters. The second-order valence-corrected chi connectivity index (χ2v) is 7.78. The van der Waals surface area contributed by atoms with E-state index in [2.05, 4.69) is 0 Å². The molecule has 2 aromatic carbocycles. The molecule has 0 spiro atoms. The molecule has 0 amide bonds. The summed E-state index contributed by atoms with van der Waals surface area (Å²) in [4.78, 5) is 25.0. The van der Waals surface area contributed by atoms with Gasteiger partial charge in [-0.25, -0.2) is 0 Å². The lowest BCUT2D eigenvalue weighted by Gasteiger charge is -2.35. The van der Waals surface area contributed by atoms with Crippen LogP contribution in [0.1, 0.15) is 58.9 Å². The predicted molar refractivity (Wildman–Crippen MR) is 108 cm³/mol. The first-order chi connectivity index (χ1) is 12.8. The van der Waals surface area contributed by atoms with Crippen LogP contribution in [-0.4, -0.2) is 23.7 Å². The van der Waals surface area contributed by atoms with Gasteiger partial charge < -0.3 is 9.84 Å². The van der Waals surface area contributed by atoms with Gasteiger partial charge in [-0.3, -0.25) is 9.59 Å². The Kier molecular flexibility index (Phi) is 6.63. The second kappa shape index (κ2) is 8.55. The monoisotopic (exact) mass is 370 g/mol. The van der Waals surface area contributed by atoms with Gasteiger partial charge in [0.1, 0.15) is 0 Å². The third kappa shape index (κ3) is 4.49. The second-order valence-electron chi connectivity index (χ2n) is 7.78. The minimum Gasteiger partial charge on any atom is -0.481 e. The van der Waals surface area contributed by atoms with E-state index in [1.54, 1.807) is 6.92 Å². The molecule has 4 heteroatoms. The van der Waals surface area contributed by atoms with Crippen molar-refractivity contribution >= 4 is 22.7 Å². The van der Waals surface area contributed by atoms with Crippen molar-refractivity contribution in [2.75, 3.05) is 6.61 Å². The highest BCUT2D eigenvalue weighted by Crippen LogP contribution is 2.41. The Hall–Kier alpha value is -2.36. The van der Waals surface area contributed by atoms with E-state index < -0.39 is 16.8 Å². The Morgan fingerprint density at radius 1 is 1.04 bits per heavy atom. The van der Waals surface area contributed by atoms with Crippen LogP contribution in [0.2, 0.25) is 0 Å². The van der Waals surface area contributed by atoms with Gasteiger partial charge in [-0.2, -0.15) is 0 Å². The number of ether oxygens (including phenoxy) is 1. The number of hydrogen-bond acceptors (Lipinski definition) is 3. The molecule has 1 N–H and O–H groups in total. The summed E-state index contributed by atoms with van der Waals surface area (Å²) in [6.07, 6.45) is 2.47. The van der Waals surface area contributed by atoms with Crippen LogP contribution in [0, 0.1) is 5.41 Å². The molecule has 0 aliphatic carbocycles. The maximum absolute atomic E-state index is 12.7. The average Bonchev–Trinajstić information content (AvgIpc) is 2.67.